The molecule has 182 valence electrons. The van der Waals surface area contributed by atoms with Gasteiger partial charge in [0.15, 0.2) is 15.6 Å². The molecular formula is C24H23ClN4O5S. The van der Waals surface area contributed by atoms with Crippen LogP contribution < -0.4 is 5.32 Å². The van der Waals surface area contributed by atoms with Crippen molar-refractivity contribution < 1.29 is 23.1 Å². The van der Waals surface area contributed by atoms with Crippen LogP contribution in [0.1, 0.15) is 29.0 Å². The Bertz CT molecular complexity index is 1550. The summed E-state index contributed by atoms with van der Waals surface area (Å²) >= 11 is 6.54. The molecule has 11 heteroatoms. The van der Waals surface area contributed by atoms with Crippen LogP contribution >= 0.6 is 11.6 Å². The van der Waals surface area contributed by atoms with E-state index in [9.17, 15) is 18.0 Å². The molecule has 0 spiro atoms. The quantitative estimate of drug-likeness (QED) is 0.388. The Morgan fingerprint density at radius 1 is 1.11 bits per heavy atom. The molecule has 1 unspecified atom stereocenters. The number of nitrogens with one attached hydrogen (secondary N) is 1. The third kappa shape index (κ3) is 4.94. The normalized spacial score (nSPS) is 12.6. The van der Waals surface area contributed by atoms with Gasteiger partial charge in [0.1, 0.15) is 5.69 Å². The molecule has 4 rings (SSSR count). The molecule has 0 aliphatic heterocycles. The Morgan fingerprint density at radius 3 is 2.40 bits per heavy atom. The summed E-state index contributed by atoms with van der Waals surface area (Å²) in [4.78, 5) is 23.8. The maximum atomic E-state index is 13.1. The largest absolute Gasteiger partial charge is 0.480 e. The van der Waals surface area contributed by atoms with Crippen molar-refractivity contribution in [3.05, 3.63) is 71.1 Å². The van der Waals surface area contributed by atoms with Gasteiger partial charge in [-0.3, -0.25) is 14.3 Å². The number of amides is 1. The fraction of sp³-hybridized carbons (Fsp3) is 0.208. The fourth-order valence-electron chi connectivity index (χ4n) is 3.91. The number of aliphatic carboxylic acids is 1. The maximum absolute atomic E-state index is 13.1. The Kier molecular flexibility index (Phi) is 6.44. The van der Waals surface area contributed by atoms with Gasteiger partial charge in [0.25, 0.3) is 5.91 Å². The van der Waals surface area contributed by atoms with E-state index in [2.05, 4.69) is 10.4 Å². The summed E-state index contributed by atoms with van der Waals surface area (Å²) < 4.78 is 27.6. The standard InChI is InChI=1S/C24H23ClN4O5S/c1-14(15-4-6-18(7-5-15)35(33,34)13-23(30)31)27-24(32)22-10-19-20(25)8-16(9-21(19)29(22)3)17-11-26-28(2)12-17/h4-12,14H,13H2,1-3H3,(H,27,32)(H,30,31). The molecule has 2 aromatic heterocycles. The minimum Gasteiger partial charge on any atom is -0.480 e. The van der Waals surface area contributed by atoms with Crippen molar-refractivity contribution >= 4 is 44.2 Å². The van der Waals surface area contributed by atoms with Crippen molar-refractivity contribution in [1.29, 1.82) is 0 Å². The van der Waals surface area contributed by atoms with E-state index in [1.54, 1.807) is 47.6 Å². The number of sulfone groups is 1. The zero-order valence-electron chi connectivity index (χ0n) is 19.2. The predicted molar refractivity (Wildman–Crippen MR) is 132 cm³/mol. The van der Waals surface area contributed by atoms with Gasteiger partial charge in [-0.25, -0.2) is 8.42 Å². The van der Waals surface area contributed by atoms with Gasteiger partial charge in [0.2, 0.25) is 0 Å². The number of carbonyl (C=O) groups is 2. The number of benzene rings is 2. The van der Waals surface area contributed by atoms with Crippen LogP contribution in [-0.2, 0) is 28.7 Å². The van der Waals surface area contributed by atoms with Gasteiger partial charge in [-0.2, -0.15) is 5.10 Å². The summed E-state index contributed by atoms with van der Waals surface area (Å²) in [6.45, 7) is 1.77. The molecule has 0 saturated heterocycles. The Labute approximate surface area is 206 Å². The molecule has 0 saturated carbocycles. The van der Waals surface area contributed by atoms with E-state index in [4.69, 9.17) is 16.7 Å². The summed E-state index contributed by atoms with van der Waals surface area (Å²) in [5.41, 5.74) is 3.67. The first-order valence-corrected chi connectivity index (χ1v) is 12.6. The summed E-state index contributed by atoms with van der Waals surface area (Å²) in [7, 11) is -0.306. The predicted octanol–water partition coefficient (Wildman–Crippen LogP) is 3.58. The fourth-order valence-corrected chi connectivity index (χ4v) is 5.22. The van der Waals surface area contributed by atoms with Crippen molar-refractivity contribution in [2.75, 3.05) is 5.75 Å². The minimum absolute atomic E-state index is 0.0880. The SMILES string of the molecule is CC(NC(=O)c1cc2c(Cl)cc(-c3cnn(C)c3)cc2n1C)c1ccc(S(=O)(=O)CC(=O)O)cc1. The number of rotatable bonds is 7. The highest BCUT2D eigenvalue weighted by molar-refractivity contribution is 7.92. The van der Waals surface area contributed by atoms with Crippen LogP contribution in [0.4, 0.5) is 0 Å². The molecule has 0 fully saturated rings. The number of hydrogen-bond acceptors (Lipinski definition) is 5. The van der Waals surface area contributed by atoms with Crippen molar-refractivity contribution in [1.82, 2.24) is 19.7 Å². The number of carboxylic acids is 1. The van der Waals surface area contributed by atoms with Crippen molar-refractivity contribution in [3.63, 3.8) is 0 Å². The zero-order valence-corrected chi connectivity index (χ0v) is 20.8. The zero-order chi connectivity index (χ0) is 25.5. The maximum Gasteiger partial charge on any atom is 0.319 e. The lowest BCUT2D eigenvalue weighted by Gasteiger charge is -2.15. The molecule has 2 aromatic carbocycles. The molecule has 4 aromatic rings. The Hall–Kier alpha value is -3.63. The summed E-state index contributed by atoms with van der Waals surface area (Å²) in [5, 5.41) is 17.2. The molecule has 2 N–H and O–H groups in total. The molecule has 1 amide bonds. The van der Waals surface area contributed by atoms with Crippen molar-refractivity contribution in [3.8, 4) is 11.1 Å². The number of fused-ring (bicyclic) bond motifs is 1. The third-order valence-electron chi connectivity index (χ3n) is 5.78. The summed E-state index contributed by atoms with van der Waals surface area (Å²) in [5.74, 6) is -2.72. The van der Waals surface area contributed by atoms with Gasteiger partial charge in [0, 0.05) is 31.2 Å². The van der Waals surface area contributed by atoms with E-state index in [-0.39, 0.29) is 10.8 Å². The van der Waals surface area contributed by atoms with E-state index in [0.717, 1.165) is 22.0 Å². The second-order valence-corrected chi connectivity index (χ2v) is 10.7. The number of halogens is 1. The lowest BCUT2D eigenvalue weighted by molar-refractivity contribution is -0.134. The van der Waals surface area contributed by atoms with Gasteiger partial charge in [0.05, 0.1) is 27.7 Å². The first-order chi connectivity index (χ1) is 16.5. The van der Waals surface area contributed by atoms with E-state index in [0.29, 0.717) is 16.3 Å². The van der Waals surface area contributed by atoms with E-state index in [1.807, 2.05) is 25.4 Å². The van der Waals surface area contributed by atoms with E-state index < -0.39 is 27.6 Å². The lowest BCUT2D eigenvalue weighted by Crippen LogP contribution is -2.28. The number of aryl methyl sites for hydroxylation is 2. The van der Waals surface area contributed by atoms with E-state index >= 15 is 0 Å². The molecule has 0 aliphatic carbocycles. The number of carbonyl (C=O) groups excluding carboxylic acids is 1. The Balaban J connectivity index is 1.57. The topological polar surface area (TPSA) is 123 Å². The highest BCUT2D eigenvalue weighted by Crippen LogP contribution is 2.32. The average Bonchev–Trinajstić information content (AvgIpc) is 3.37. The summed E-state index contributed by atoms with van der Waals surface area (Å²) in [6.07, 6.45) is 3.63. The Morgan fingerprint density at radius 2 is 1.80 bits per heavy atom. The number of nitrogens with zero attached hydrogens (tertiary/aromatic N) is 3. The van der Waals surface area contributed by atoms with Gasteiger partial charge >= 0.3 is 5.97 Å². The van der Waals surface area contributed by atoms with Gasteiger partial charge < -0.3 is 15.0 Å². The van der Waals surface area contributed by atoms with Crippen molar-refractivity contribution in [2.45, 2.75) is 17.9 Å². The molecule has 35 heavy (non-hydrogen) atoms. The smallest absolute Gasteiger partial charge is 0.319 e. The van der Waals surface area contributed by atoms with Crippen molar-refractivity contribution in [2.24, 2.45) is 14.1 Å². The first-order valence-electron chi connectivity index (χ1n) is 10.6. The highest BCUT2D eigenvalue weighted by Gasteiger charge is 2.21. The van der Waals surface area contributed by atoms with Gasteiger partial charge in [-0.15, -0.1) is 0 Å². The number of carboxylic acid groups (broad SMARTS) is 1. The average molecular weight is 515 g/mol. The second-order valence-electron chi connectivity index (χ2n) is 8.30. The molecule has 0 aliphatic rings. The van der Waals surface area contributed by atoms with Crippen LogP contribution in [0, 0.1) is 0 Å². The van der Waals surface area contributed by atoms with Crippen LogP contribution in [-0.4, -0.2) is 45.5 Å². The molecular weight excluding hydrogens is 492 g/mol. The third-order valence-corrected chi connectivity index (χ3v) is 7.71. The molecule has 1 atom stereocenters. The van der Waals surface area contributed by atoms with Crippen LogP contribution in [0.5, 0.6) is 0 Å². The monoisotopic (exact) mass is 514 g/mol. The van der Waals surface area contributed by atoms with Gasteiger partial charge in [-0.1, -0.05) is 23.7 Å². The highest BCUT2D eigenvalue weighted by atomic mass is 35.5. The molecule has 2 heterocycles. The van der Waals surface area contributed by atoms with E-state index in [1.165, 1.54) is 12.1 Å². The molecule has 0 bridgehead atoms. The number of aromatic nitrogens is 3. The van der Waals surface area contributed by atoms with Crippen LogP contribution in [0.25, 0.3) is 22.0 Å². The van der Waals surface area contributed by atoms with Crippen LogP contribution in [0.2, 0.25) is 5.02 Å². The molecule has 0 radical (unpaired) electrons. The summed E-state index contributed by atoms with van der Waals surface area (Å²) in [6, 6.07) is 10.9. The van der Waals surface area contributed by atoms with Crippen LogP contribution in [0.3, 0.4) is 0 Å². The minimum atomic E-state index is -3.92. The van der Waals surface area contributed by atoms with Crippen LogP contribution in [0.15, 0.2) is 59.8 Å². The second kappa shape index (κ2) is 9.20. The molecule has 9 nitrogen and oxygen atoms in total. The first kappa shape index (κ1) is 24.5. The van der Waals surface area contributed by atoms with Gasteiger partial charge in [-0.05, 0) is 48.4 Å². The number of hydrogen-bond donors (Lipinski definition) is 2. The lowest BCUT2D eigenvalue weighted by atomic mass is 10.1.